The fourth-order valence-electron chi connectivity index (χ4n) is 2.17. The van der Waals surface area contributed by atoms with E-state index >= 15 is 0 Å². The van der Waals surface area contributed by atoms with E-state index in [1.54, 1.807) is 6.26 Å². The first-order valence-corrected chi connectivity index (χ1v) is 6.05. The van der Waals surface area contributed by atoms with Crippen LogP contribution in [0, 0.1) is 5.92 Å². The van der Waals surface area contributed by atoms with Crippen LogP contribution in [-0.4, -0.2) is 24.4 Å². The van der Waals surface area contributed by atoms with Crippen LogP contribution in [0.5, 0.6) is 0 Å². The Balaban J connectivity index is 1.65. The molecular formula is C12H20N2O2. The summed E-state index contributed by atoms with van der Waals surface area (Å²) in [7, 11) is 0. The van der Waals surface area contributed by atoms with Gasteiger partial charge in [0.2, 0.25) is 0 Å². The molecule has 1 aliphatic rings. The first-order valence-electron chi connectivity index (χ1n) is 6.05. The van der Waals surface area contributed by atoms with E-state index in [0.29, 0.717) is 6.04 Å². The molecule has 0 amide bonds. The molecule has 2 rings (SSSR count). The molecule has 1 aromatic heterocycles. The van der Waals surface area contributed by atoms with E-state index in [4.69, 9.17) is 9.26 Å². The lowest BCUT2D eigenvalue weighted by atomic mass is 9.93. The lowest BCUT2D eigenvalue weighted by molar-refractivity contribution is 0.0611. The first kappa shape index (κ1) is 11.6. The predicted octanol–water partition coefficient (Wildman–Crippen LogP) is 1.97. The molecule has 2 heterocycles. The summed E-state index contributed by atoms with van der Waals surface area (Å²) in [4.78, 5) is 0. The maximum Gasteiger partial charge on any atom is 0.124 e. The minimum atomic E-state index is 0.528. The summed E-state index contributed by atoms with van der Waals surface area (Å²) in [6, 6.07) is 2.42. The summed E-state index contributed by atoms with van der Waals surface area (Å²) < 4.78 is 10.1. The van der Waals surface area contributed by atoms with Crippen LogP contribution in [0.25, 0.3) is 0 Å². The van der Waals surface area contributed by atoms with Crippen molar-refractivity contribution in [1.82, 2.24) is 10.5 Å². The molecule has 4 heteroatoms. The highest BCUT2D eigenvalue weighted by Crippen LogP contribution is 2.19. The number of aromatic nitrogens is 1. The number of nitrogens with zero attached hydrogens (tertiary/aromatic N) is 1. The molecule has 1 N–H and O–H groups in total. The standard InChI is InChI=1S/C12H20N2O2/c1-10(8-11-2-5-15-6-3-11)13-9-12-4-7-16-14-12/h4,7,10-11,13H,2-3,5-6,8-9H2,1H3. The van der Waals surface area contributed by atoms with Crippen molar-refractivity contribution in [2.75, 3.05) is 13.2 Å². The van der Waals surface area contributed by atoms with Gasteiger partial charge < -0.3 is 14.6 Å². The van der Waals surface area contributed by atoms with Gasteiger partial charge >= 0.3 is 0 Å². The Labute approximate surface area is 96.3 Å². The van der Waals surface area contributed by atoms with Crippen molar-refractivity contribution in [3.8, 4) is 0 Å². The van der Waals surface area contributed by atoms with E-state index in [0.717, 1.165) is 31.4 Å². The predicted molar refractivity (Wildman–Crippen MR) is 61.0 cm³/mol. The fraction of sp³-hybridized carbons (Fsp3) is 0.750. The van der Waals surface area contributed by atoms with E-state index in [-0.39, 0.29) is 0 Å². The molecule has 1 unspecified atom stereocenters. The van der Waals surface area contributed by atoms with Crippen molar-refractivity contribution in [2.45, 2.75) is 38.8 Å². The fourth-order valence-corrected chi connectivity index (χ4v) is 2.17. The second-order valence-electron chi connectivity index (χ2n) is 4.56. The molecule has 0 spiro atoms. The molecule has 1 aliphatic heterocycles. The molecule has 90 valence electrons. The summed E-state index contributed by atoms with van der Waals surface area (Å²) >= 11 is 0. The zero-order chi connectivity index (χ0) is 11.2. The van der Waals surface area contributed by atoms with Crippen molar-refractivity contribution >= 4 is 0 Å². The van der Waals surface area contributed by atoms with Crippen molar-refractivity contribution in [3.05, 3.63) is 18.0 Å². The van der Waals surface area contributed by atoms with Crippen LogP contribution in [0.1, 0.15) is 31.9 Å². The van der Waals surface area contributed by atoms with Crippen LogP contribution < -0.4 is 5.32 Å². The Bertz CT molecular complexity index is 281. The molecule has 1 fully saturated rings. The summed E-state index contributed by atoms with van der Waals surface area (Å²) in [6.07, 6.45) is 5.24. The molecule has 16 heavy (non-hydrogen) atoms. The van der Waals surface area contributed by atoms with Gasteiger partial charge in [-0.25, -0.2) is 0 Å². The molecule has 0 aromatic carbocycles. The average Bonchev–Trinajstić information content (AvgIpc) is 2.81. The quantitative estimate of drug-likeness (QED) is 0.830. The van der Waals surface area contributed by atoms with E-state index < -0.39 is 0 Å². The Morgan fingerprint density at radius 3 is 3.00 bits per heavy atom. The zero-order valence-corrected chi connectivity index (χ0v) is 9.82. The summed E-state index contributed by atoms with van der Waals surface area (Å²) in [5, 5.41) is 7.35. The van der Waals surface area contributed by atoms with Crippen molar-refractivity contribution < 1.29 is 9.26 Å². The van der Waals surface area contributed by atoms with Gasteiger partial charge in [-0.15, -0.1) is 0 Å². The minimum absolute atomic E-state index is 0.528. The van der Waals surface area contributed by atoms with Crippen LogP contribution in [0.3, 0.4) is 0 Å². The Morgan fingerprint density at radius 1 is 1.50 bits per heavy atom. The Hall–Kier alpha value is -0.870. The Morgan fingerprint density at radius 2 is 2.31 bits per heavy atom. The lowest BCUT2D eigenvalue weighted by Gasteiger charge is -2.25. The lowest BCUT2D eigenvalue weighted by Crippen LogP contribution is -2.30. The van der Waals surface area contributed by atoms with Crippen LogP contribution >= 0.6 is 0 Å². The van der Waals surface area contributed by atoms with E-state index in [2.05, 4.69) is 17.4 Å². The third kappa shape index (κ3) is 3.61. The summed E-state index contributed by atoms with van der Waals surface area (Å²) in [5.74, 6) is 0.813. The second-order valence-corrected chi connectivity index (χ2v) is 4.56. The van der Waals surface area contributed by atoms with Gasteiger partial charge in [0, 0.05) is 31.9 Å². The van der Waals surface area contributed by atoms with Gasteiger partial charge in [0.25, 0.3) is 0 Å². The van der Waals surface area contributed by atoms with Crippen molar-refractivity contribution in [1.29, 1.82) is 0 Å². The highest BCUT2D eigenvalue weighted by Gasteiger charge is 2.16. The zero-order valence-electron chi connectivity index (χ0n) is 9.82. The largest absolute Gasteiger partial charge is 0.381 e. The van der Waals surface area contributed by atoms with Gasteiger partial charge in [-0.1, -0.05) is 5.16 Å². The first-order chi connectivity index (χ1) is 7.84. The molecule has 0 radical (unpaired) electrons. The highest BCUT2D eigenvalue weighted by atomic mass is 16.5. The SMILES string of the molecule is CC(CC1CCOCC1)NCc1ccon1. The van der Waals surface area contributed by atoms with Crippen LogP contribution in [0.15, 0.2) is 16.9 Å². The monoisotopic (exact) mass is 224 g/mol. The van der Waals surface area contributed by atoms with Gasteiger partial charge in [-0.05, 0) is 32.1 Å². The van der Waals surface area contributed by atoms with E-state index in [1.165, 1.54) is 19.3 Å². The van der Waals surface area contributed by atoms with Gasteiger partial charge in [0.15, 0.2) is 0 Å². The minimum Gasteiger partial charge on any atom is -0.381 e. The van der Waals surface area contributed by atoms with Crippen molar-refractivity contribution in [2.24, 2.45) is 5.92 Å². The molecular weight excluding hydrogens is 204 g/mol. The maximum atomic E-state index is 5.36. The number of hydrogen-bond donors (Lipinski definition) is 1. The van der Waals surface area contributed by atoms with Crippen LogP contribution in [0.4, 0.5) is 0 Å². The second kappa shape index (κ2) is 6.01. The topological polar surface area (TPSA) is 47.3 Å². The third-order valence-electron chi connectivity index (χ3n) is 3.15. The number of hydrogen-bond acceptors (Lipinski definition) is 4. The van der Waals surface area contributed by atoms with Gasteiger partial charge in [0.05, 0.1) is 5.69 Å². The number of rotatable bonds is 5. The summed E-state index contributed by atoms with van der Waals surface area (Å²) in [6.45, 7) is 4.89. The molecule has 4 nitrogen and oxygen atoms in total. The molecule has 0 saturated carbocycles. The molecule has 1 saturated heterocycles. The number of ether oxygens (including phenoxy) is 1. The highest BCUT2D eigenvalue weighted by molar-refractivity contribution is 4.94. The van der Waals surface area contributed by atoms with E-state index in [9.17, 15) is 0 Å². The molecule has 1 aromatic rings. The Kier molecular flexibility index (Phi) is 4.36. The molecule has 0 bridgehead atoms. The number of nitrogens with one attached hydrogen (secondary N) is 1. The molecule has 0 aliphatic carbocycles. The van der Waals surface area contributed by atoms with Gasteiger partial charge in [-0.2, -0.15) is 0 Å². The smallest absolute Gasteiger partial charge is 0.124 e. The van der Waals surface area contributed by atoms with Gasteiger partial charge in [-0.3, -0.25) is 0 Å². The third-order valence-corrected chi connectivity index (χ3v) is 3.15. The molecule has 1 atom stereocenters. The van der Waals surface area contributed by atoms with Crippen LogP contribution in [-0.2, 0) is 11.3 Å². The maximum absolute atomic E-state index is 5.36. The van der Waals surface area contributed by atoms with Crippen molar-refractivity contribution in [3.63, 3.8) is 0 Å². The summed E-state index contributed by atoms with van der Waals surface area (Å²) in [5.41, 5.74) is 0.971. The van der Waals surface area contributed by atoms with E-state index in [1.807, 2.05) is 6.07 Å². The van der Waals surface area contributed by atoms with Crippen LogP contribution in [0.2, 0.25) is 0 Å². The normalized spacial score (nSPS) is 19.8. The average molecular weight is 224 g/mol. The van der Waals surface area contributed by atoms with Gasteiger partial charge in [0.1, 0.15) is 6.26 Å².